The predicted octanol–water partition coefficient (Wildman–Crippen LogP) is 2.88. The van der Waals surface area contributed by atoms with Crippen molar-refractivity contribution in [2.24, 2.45) is 0 Å². The molecular formula is C19H20N4OS. The molecule has 0 aliphatic carbocycles. The molecule has 0 atom stereocenters. The molecule has 2 saturated heterocycles. The molecule has 2 N–H and O–H groups in total. The second-order valence-corrected chi connectivity index (χ2v) is 6.97. The first-order valence-electron chi connectivity index (χ1n) is 8.61. The molecule has 1 aromatic carbocycles. The van der Waals surface area contributed by atoms with E-state index in [1.165, 1.54) is 19.3 Å². The van der Waals surface area contributed by atoms with E-state index in [9.17, 15) is 4.79 Å². The highest BCUT2D eigenvalue weighted by Crippen LogP contribution is 2.29. The summed E-state index contributed by atoms with van der Waals surface area (Å²) in [7, 11) is 0. The van der Waals surface area contributed by atoms with Crippen LogP contribution >= 0.6 is 12.2 Å². The topological polar surface area (TPSA) is 57.3 Å². The number of para-hydroxylation sites is 1. The number of nitrogens with zero attached hydrogens (tertiary/aromatic N) is 2. The molecule has 128 valence electrons. The number of nitrogens with one attached hydrogen (secondary N) is 2. The Labute approximate surface area is 152 Å². The van der Waals surface area contributed by atoms with Gasteiger partial charge in [-0.2, -0.15) is 0 Å². The predicted molar refractivity (Wildman–Crippen MR) is 104 cm³/mol. The lowest BCUT2D eigenvalue weighted by atomic mass is 10.1. The summed E-state index contributed by atoms with van der Waals surface area (Å²) in [6.07, 6.45) is 5.46. The van der Waals surface area contributed by atoms with Crippen molar-refractivity contribution >= 4 is 46.0 Å². The molecule has 1 amide bonds. The van der Waals surface area contributed by atoms with Crippen LogP contribution in [0.15, 0.2) is 30.0 Å². The molecule has 2 aliphatic rings. The summed E-state index contributed by atoms with van der Waals surface area (Å²) < 4.78 is 0. The number of thiocarbonyl (C=S) groups is 1. The molecule has 2 fully saturated rings. The third kappa shape index (κ3) is 3.09. The third-order valence-electron chi connectivity index (χ3n) is 4.73. The SMILES string of the molecule is Cc1cccc2cc(/C=C3\NC(=S)NC3=O)c(N3CCCCC3)nc12. The number of carbonyl (C=O) groups is 1. The van der Waals surface area contributed by atoms with Crippen LogP contribution in [0.3, 0.4) is 0 Å². The van der Waals surface area contributed by atoms with Crippen molar-refractivity contribution in [2.45, 2.75) is 26.2 Å². The quantitative estimate of drug-likeness (QED) is 0.643. The molecule has 5 nitrogen and oxygen atoms in total. The van der Waals surface area contributed by atoms with Gasteiger partial charge >= 0.3 is 0 Å². The largest absolute Gasteiger partial charge is 0.356 e. The maximum atomic E-state index is 12.0. The zero-order chi connectivity index (χ0) is 17.4. The maximum Gasteiger partial charge on any atom is 0.273 e. The number of anilines is 1. The Morgan fingerprint density at radius 2 is 2.00 bits per heavy atom. The van der Waals surface area contributed by atoms with E-state index in [1.54, 1.807) is 0 Å². The van der Waals surface area contributed by atoms with Crippen LogP contribution in [-0.2, 0) is 4.79 Å². The normalized spacial score (nSPS) is 19.4. The highest BCUT2D eigenvalue weighted by atomic mass is 32.1. The molecule has 0 bridgehead atoms. The Hall–Kier alpha value is -2.47. The van der Waals surface area contributed by atoms with Gasteiger partial charge in [0.15, 0.2) is 5.11 Å². The minimum atomic E-state index is -0.195. The number of aromatic nitrogens is 1. The van der Waals surface area contributed by atoms with Gasteiger partial charge in [-0.25, -0.2) is 4.98 Å². The van der Waals surface area contributed by atoms with E-state index in [1.807, 2.05) is 12.1 Å². The lowest BCUT2D eigenvalue weighted by molar-refractivity contribution is -0.115. The molecule has 0 spiro atoms. The van der Waals surface area contributed by atoms with Crippen molar-refractivity contribution < 1.29 is 4.79 Å². The molecule has 6 heteroatoms. The van der Waals surface area contributed by atoms with Gasteiger partial charge in [0, 0.05) is 24.0 Å². The first-order valence-corrected chi connectivity index (χ1v) is 9.02. The van der Waals surface area contributed by atoms with Gasteiger partial charge in [0.05, 0.1) is 5.52 Å². The van der Waals surface area contributed by atoms with Gasteiger partial charge in [0.2, 0.25) is 0 Å². The maximum absolute atomic E-state index is 12.0. The van der Waals surface area contributed by atoms with Gasteiger partial charge in [0.1, 0.15) is 11.5 Å². The Balaban J connectivity index is 1.87. The highest BCUT2D eigenvalue weighted by Gasteiger charge is 2.22. The molecule has 25 heavy (non-hydrogen) atoms. The number of piperidine rings is 1. The lowest BCUT2D eigenvalue weighted by Crippen LogP contribution is -2.31. The van der Waals surface area contributed by atoms with Gasteiger partial charge in [-0.3, -0.25) is 10.1 Å². The van der Waals surface area contributed by atoms with Gasteiger partial charge < -0.3 is 10.2 Å². The van der Waals surface area contributed by atoms with E-state index in [4.69, 9.17) is 17.2 Å². The molecular weight excluding hydrogens is 332 g/mol. The number of rotatable bonds is 2. The van der Waals surface area contributed by atoms with Crippen molar-refractivity contribution in [3.63, 3.8) is 0 Å². The fourth-order valence-corrected chi connectivity index (χ4v) is 3.66. The van der Waals surface area contributed by atoms with E-state index >= 15 is 0 Å². The van der Waals surface area contributed by atoms with E-state index in [-0.39, 0.29) is 5.91 Å². The number of aryl methyl sites for hydroxylation is 1. The molecule has 0 saturated carbocycles. The average molecular weight is 352 g/mol. The number of carbonyl (C=O) groups excluding carboxylic acids is 1. The summed E-state index contributed by atoms with van der Waals surface area (Å²) in [6, 6.07) is 8.29. The number of pyridine rings is 1. The van der Waals surface area contributed by atoms with Crippen molar-refractivity contribution in [3.8, 4) is 0 Å². The van der Waals surface area contributed by atoms with Crippen LogP contribution in [0, 0.1) is 6.92 Å². The minimum Gasteiger partial charge on any atom is -0.356 e. The average Bonchev–Trinajstić information content (AvgIpc) is 2.93. The van der Waals surface area contributed by atoms with Crippen LogP contribution in [-0.4, -0.2) is 29.1 Å². The van der Waals surface area contributed by atoms with Crippen LogP contribution in [0.2, 0.25) is 0 Å². The van der Waals surface area contributed by atoms with E-state index in [0.717, 1.165) is 40.9 Å². The molecule has 4 rings (SSSR count). The number of amides is 1. The number of fused-ring (bicyclic) bond motifs is 1. The van der Waals surface area contributed by atoms with Crippen LogP contribution in [0.4, 0.5) is 5.82 Å². The summed E-state index contributed by atoms with van der Waals surface area (Å²) in [5.41, 5.74) is 3.59. The molecule has 1 aromatic heterocycles. The van der Waals surface area contributed by atoms with Gasteiger partial charge in [-0.15, -0.1) is 0 Å². The molecule has 0 radical (unpaired) electrons. The molecule has 0 unspecified atom stereocenters. The Kier molecular flexibility index (Phi) is 4.13. The molecule has 2 aliphatic heterocycles. The fourth-order valence-electron chi connectivity index (χ4n) is 3.46. The molecule has 2 aromatic rings. The number of hydrogen-bond acceptors (Lipinski definition) is 4. The smallest absolute Gasteiger partial charge is 0.273 e. The first-order chi connectivity index (χ1) is 12.1. The van der Waals surface area contributed by atoms with Crippen molar-refractivity contribution in [1.29, 1.82) is 0 Å². The second kappa shape index (κ2) is 6.44. The summed E-state index contributed by atoms with van der Waals surface area (Å²) >= 11 is 5.03. The third-order valence-corrected chi connectivity index (χ3v) is 4.94. The summed E-state index contributed by atoms with van der Waals surface area (Å²) in [5.74, 6) is 0.750. The van der Waals surface area contributed by atoms with Crippen molar-refractivity contribution in [3.05, 3.63) is 41.1 Å². The number of hydrogen-bond donors (Lipinski definition) is 2. The minimum absolute atomic E-state index is 0.195. The summed E-state index contributed by atoms with van der Waals surface area (Å²) in [6.45, 7) is 4.08. The van der Waals surface area contributed by atoms with E-state index in [2.05, 4.69) is 40.7 Å². The monoisotopic (exact) mass is 352 g/mol. The van der Waals surface area contributed by atoms with Gasteiger partial charge in [0.25, 0.3) is 5.91 Å². The lowest BCUT2D eigenvalue weighted by Gasteiger charge is -2.29. The van der Waals surface area contributed by atoms with Crippen LogP contribution in [0.5, 0.6) is 0 Å². The van der Waals surface area contributed by atoms with Crippen LogP contribution in [0.1, 0.15) is 30.4 Å². The summed E-state index contributed by atoms with van der Waals surface area (Å²) in [5, 5.41) is 6.96. The van der Waals surface area contributed by atoms with Crippen LogP contribution in [0.25, 0.3) is 17.0 Å². The van der Waals surface area contributed by atoms with E-state index < -0.39 is 0 Å². The Morgan fingerprint density at radius 3 is 2.72 bits per heavy atom. The standard InChI is InChI=1S/C19H20N4OS/c1-12-6-5-7-13-10-14(11-15-18(24)22-19(25)20-15)17(21-16(12)13)23-8-3-2-4-9-23/h5-7,10-11H,2-4,8-9H2,1H3,(H2,20,22,24,25)/b15-11-. The molecule has 3 heterocycles. The van der Waals surface area contributed by atoms with E-state index in [0.29, 0.717) is 10.8 Å². The number of benzene rings is 1. The Morgan fingerprint density at radius 1 is 1.20 bits per heavy atom. The van der Waals surface area contributed by atoms with Crippen molar-refractivity contribution in [1.82, 2.24) is 15.6 Å². The zero-order valence-electron chi connectivity index (χ0n) is 14.1. The second-order valence-electron chi connectivity index (χ2n) is 6.56. The first kappa shape index (κ1) is 16.0. The van der Waals surface area contributed by atoms with Crippen LogP contribution < -0.4 is 15.5 Å². The van der Waals surface area contributed by atoms with Gasteiger partial charge in [-0.1, -0.05) is 18.2 Å². The Bertz CT molecular complexity index is 900. The zero-order valence-corrected chi connectivity index (χ0v) is 14.9. The highest BCUT2D eigenvalue weighted by molar-refractivity contribution is 7.80. The van der Waals surface area contributed by atoms with Gasteiger partial charge in [-0.05, 0) is 56.1 Å². The summed E-state index contributed by atoms with van der Waals surface area (Å²) in [4.78, 5) is 19.3. The fraction of sp³-hybridized carbons (Fsp3) is 0.316. The van der Waals surface area contributed by atoms with Crippen molar-refractivity contribution in [2.75, 3.05) is 18.0 Å².